The molecule has 0 aromatic rings. The molecule has 0 radical (unpaired) electrons. The molecule has 1 heterocycles. The minimum absolute atomic E-state index is 0.0339. The predicted molar refractivity (Wildman–Crippen MR) is 64.4 cm³/mol. The first-order valence-corrected chi connectivity index (χ1v) is 6.87. The van der Waals surface area contributed by atoms with Crippen LogP contribution in [0.15, 0.2) is 0 Å². The van der Waals surface area contributed by atoms with Gasteiger partial charge in [-0.1, -0.05) is 0 Å². The average molecular weight is 238 g/mol. The molecule has 1 saturated heterocycles. The molecule has 0 aromatic carbocycles. The molecule has 2 saturated carbocycles. The van der Waals surface area contributed by atoms with E-state index in [2.05, 4.69) is 10.2 Å². The molecule has 3 aliphatic rings. The Hall–Kier alpha value is -0.610. The van der Waals surface area contributed by atoms with Crippen LogP contribution < -0.4 is 5.32 Å². The number of aliphatic hydroxyl groups is 1. The van der Waals surface area contributed by atoms with E-state index in [0.29, 0.717) is 17.9 Å². The van der Waals surface area contributed by atoms with Gasteiger partial charge < -0.3 is 10.4 Å². The second-order valence-electron chi connectivity index (χ2n) is 5.98. The fourth-order valence-electron chi connectivity index (χ4n) is 3.30. The zero-order valence-electron chi connectivity index (χ0n) is 10.4. The molecule has 3 rings (SSSR count). The van der Waals surface area contributed by atoms with E-state index in [-0.39, 0.29) is 18.1 Å². The molecule has 2 N–H and O–H groups in total. The van der Waals surface area contributed by atoms with Crippen molar-refractivity contribution in [2.24, 2.45) is 11.8 Å². The second kappa shape index (κ2) is 4.25. The molecule has 2 aliphatic carbocycles. The first kappa shape index (κ1) is 11.5. The zero-order chi connectivity index (χ0) is 12.0. The lowest BCUT2D eigenvalue weighted by Gasteiger charge is -2.24. The fourth-order valence-corrected chi connectivity index (χ4v) is 3.30. The lowest BCUT2D eigenvalue weighted by atomic mass is 10.00. The van der Waals surface area contributed by atoms with E-state index in [1.165, 1.54) is 0 Å². The van der Waals surface area contributed by atoms with Crippen LogP contribution in [0.1, 0.15) is 32.6 Å². The highest BCUT2D eigenvalue weighted by Gasteiger charge is 2.44. The smallest absolute Gasteiger partial charge is 0.237 e. The molecule has 96 valence electrons. The summed E-state index contributed by atoms with van der Waals surface area (Å²) in [6.45, 7) is 3.87. The van der Waals surface area contributed by atoms with Crippen molar-refractivity contribution in [1.29, 1.82) is 0 Å². The first-order chi connectivity index (χ1) is 8.15. The minimum Gasteiger partial charge on any atom is -0.393 e. The highest BCUT2D eigenvalue weighted by Crippen LogP contribution is 2.38. The van der Waals surface area contributed by atoms with Crippen molar-refractivity contribution < 1.29 is 9.90 Å². The van der Waals surface area contributed by atoms with Gasteiger partial charge in [0, 0.05) is 25.0 Å². The van der Waals surface area contributed by atoms with Gasteiger partial charge in [0.15, 0.2) is 0 Å². The van der Waals surface area contributed by atoms with Crippen LogP contribution in [-0.2, 0) is 4.79 Å². The maximum atomic E-state index is 12.0. The Morgan fingerprint density at radius 3 is 2.71 bits per heavy atom. The van der Waals surface area contributed by atoms with Gasteiger partial charge in [0.2, 0.25) is 5.91 Å². The number of carbonyl (C=O) groups is 1. The van der Waals surface area contributed by atoms with E-state index in [4.69, 9.17) is 0 Å². The maximum absolute atomic E-state index is 12.0. The van der Waals surface area contributed by atoms with Gasteiger partial charge in [-0.2, -0.15) is 0 Å². The van der Waals surface area contributed by atoms with Gasteiger partial charge >= 0.3 is 0 Å². The molecule has 4 atom stereocenters. The third-order valence-electron chi connectivity index (χ3n) is 4.70. The third-order valence-corrected chi connectivity index (χ3v) is 4.70. The maximum Gasteiger partial charge on any atom is 0.237 e. The number of rotatable bonds is 3. The molecule has 4 heteroatoms. The van der Waals surface area contributed by atoms with E-state index < -0.39 is 0 Å². The summed E-state index contributed by atoms with van der Waals surface area (Å²) in [6, 6.07) is 0.408. The van der Waals surface area contributed by atoms with Crippen LogP contribution in [0.5, 0.6) is 0 Å². The van der Waals surface area contributed by atoms with Crippen LogP contribution in [0.25, 0.3) is 0 Å². The van der Waals surface area contributed by atoms with Crippen LogP contribution in [0.4, 0.5) is 0 Å². The van der Waals surface area contributed by atoms with E-state index in [9.17, 15) is 9.90 Å². The first-order valence-electron chi connectivity index (χ1n) is 6.87. The van der Waals surface area contributed by atoms with Crippen molar-refractivity contribution in [3.05, 3.63) is 0 Å². The topological polar surface area (TPSA) is 52.6 Å². The number of hydrogen-bond acceptors (Lipinski definition) is 3. The number of amides is 1. The molecule has 17 heavy (non-hydrogen) atoms. The summed E-state index contributed by atoms with van der Waals surface area (Å²) in [5.41, 5.74) is 0. The van der Waals surface area contributed by atoms with E-state index in [1.54, 1.807) is 0 Å². The van der Waals surface area contributed by atoms with Crippen molar-refractivity contribution >= 4 is 5.91 Å². The molecular formula is C13H22N2O2. The molecule has 4 nitrogen and oxygen atoms in total. The molecule has 0 aromatic heterocycles. The SMILES string of the molecule is CC(C(=O)NC1CC1)N1CC2CCC(O)C2C1. The van der Waals surface area contributed by atoms with Crippen molar-refractivity contribution in [2.45, 2.75) is 50.8 Å². The van der Waals surface area contributed by atoms with Gasteiger partial charge in [0.25, 0.3) is 0 Å². The summed E-state index contributed by atoms with van der Waals surface area (Å²) in [5.74, 6) is 1.19. The van der Waals surface area contributed by atoms with E-state index in [1.807, 2.05) is 6.92 Å². The average Bonchev–Trinajstić information content (AvgIpc) is 2.90. The van der Waals surface area contributed by atoms with Crippen LogP contribution in [0, 0.1) is 11.8 Å². The summed E-state index contributed by atoms with van der Waals surface area (Å²) in [4.78, 5) is 14.2. The van der Waals surface area contributed by atoms with E-state index >= 15 is 0 Å². The van der Waals surface area contributed by atoms with Gasteiger partial charge in [-0.25, -0.2) is 0 Å². The number of likely N-dealkylation sites (tertiary alicyclic amines) is 1. The monoisotopic (exact) mass is 238 g/mol. The number of fused-ring (bicyclic) bond motifs is 1. The number of aliphatic hydroxyl groups excluding tert-OH is 1. The van der Waals surface area contributed by atoms with Gasteiger partial charge in [0.1, 0.15) is 0 Å². The van der Waals surface area contributed by atoms with Crippen LogP contribution in [-0.4, -0.2) is 47.2 Å². The Morgan fingerprint density at radius 2 is 2.06 bits per heavy atom. The van der Waals surface area contributed by atoms with Crippen LogP contribution in [0.3, 0.4) is 0 Å². The Morgan fingerprint density at radius 1 is 1.29 bits per heavy atom. The Kier molecular flexibility index (Phi) is 2.87. The van der Waals surface area contributed by atoms with Gasteiger partial charge in [-0.15, -0.1) is 0 Å². The number of carbonyl (C=O) groups excluding carboxylic acids is 1. The Balaban J connectivity index is 1.56. The molecule has 0 bridgehead atoms. The van der Waals surface area contributed by atoms with Gasteiger partial charge in [-0.3, -0.25) is 9.69 Å². The fraction of sp³-hybridized carbons (Fsp3) is 0.923. The highest BCUT2D eigenvalue weighted by molar-refractivity contribution is 5.81. The standard InChI is InChI=1S/C13H22N2O2/c1-8(13(17)14-10-3-4-10)15-6-9-2-5-12(16)11(9)7-15/h8-12,16H,2-7H2,1H3,(H,14,17). The Labute approximate surface area is 102 Å². The largest absolute Gasteiger partial charge is 0.393 e. The molecule has 3 fully saturated rings. The lowest BCUT2D eigenvalue weighted by Crippen LogP contribution is -2.45. The van der Waals surface area contributed by atoms with E-state index in [0.717, 1.165) is 38.8 Å². The lowest BCUT2D eigenvalue weighted by molar-refractivity contribution is -0.125. The number of nitrogens with one attached hydrogen (secondary N) is 1. The summed E-state index contributed by atoms with van der Waals surface area (Å²) in [7, 11) is 0. The molecule has 0 spiro atoms. The normalized spacial score (nSPS) is 39.1. The third kappa shape index (κ3) is 2.20. The summed E-state index contributed by atoms with van der Waals surface area (Å²) in [5, 5.41) is 12.9. The van der Waals surface area contributed by atoms with Crippen molar-refractivity contribution in [3.63, 3.8) is 0 Å². The van der Waals surface area contributed by atoms with Crippen LogP contribution in [0.2, 0.25) is 0 Å². The van der Waals surface area contributed by atoms with Crippen LogP contribution >= 0.6 is 0 Å². The second-order valence-corrected chi connectivity index (χ2v) is 5.98. The summed E-state index contributed by atoms with van der Waals surface area (Å²) < 4.78 is 0. The van der Waals surface area contributed by atoms with Crippen molar-refractivity contribution in [3.8, 4) is 0 Å². The van der Waals surface area contributed by atoms with Gasteiger partial charge in [0.05, 0.1) is 12.1 Å². The van der Waals surface area contributed by atoms with Gasteiger partial charge in [-0.05, 0) is 38.5 Å². The summed E-state index contributed by atoms with van der Waals surface area (Å²) in [6.07, 6.45) is 4.22. The molecule has 4 unspecified atom stereocenters. The number of nitrogens with zero attached hydrogens (tertiary/aromatic N) is 1. The van der Waals surface area contributed by atoms with Crippen molar-refractivity contribution in [1.82, 2.24) is 10.2 Å². The Bertz CT molecular complexity index is 317. The molecule has 1 amide bonds. The minimum atomic E-state index is -0.135. The molecule has 1 aliphatic heterocycles. The number of hydrogen-bond donors (Lipinski definition) is 2. The highest BCUT2D eigenvalue weighted by atomic mass is 16.3. The summed E-state index contributed by atoms with van der Waals surface area (Å²) >= 11 is 0. The molecular weight excluding hydrogens is 216 g/mol. The predicted octanol–water partition coefficient (Wildman–Crippen LogP) is 0.356. The van der Waals surface area contributed by atoms with Crippen molar-refractivity contribution in [2.75, 3.05) is 13.1 Å². The quantitative estimate of drug-likeness (QED) is 0.746. The zero-order valence-corrected chi connectivity index (χ0v) is 10.4.